The molecule has 1 rings (SSSR count). The molecule has 1 aliphatic rings. The smallest absolute Gasteiger partial charge is 0.244 e. The Balaban J connectivity index is 2.33. The highest BCUT2D eigenvalue weighted by Crippen LogP contribution is 2.32. The fourth-order valence-electron chi connectivity index (χ4n) is 0.721. The second-order valence-corrected chi connectivity index (χ2v) is 2.07. The van der Waals surface area contributed by atoms with Gasteiger partial charge in [0.15, 0.2) is 0 Å². The maximum atomic E-state index is 11.6. The van der Waals surface area contributed by atoms with Crippen molar-refractivity contribution >= 4 is 0 Å². The molecule has 0 saturated heterocycles. The van der Waals surface area contributed by atoms with Gasteiger partial charge < -0.3 is 11.5 Å². The van der Waals surface area contributed by atoms with Crippen molar-refractivity contribution in [2.45, 2.75) is 18.5 Å². The second-order valence-electron chi connectivity index (χ2n) is 2.07. The van der Waals surface area contributed by atoms with Gasteiger partial charge in [-0.1, -0.05) is 0 Å². The van der Waals surface area contributed by atoms with Gasteiger partial charge in [-0.2, -0.15) is 0 Å². The molecule has 2 unspecified atom stereocenters. The summed E-state index contributed by atoms with van der Waals surface area (Å²) >= 11 is 0. The zero-order chi connectivity index (χ0) is 6.31. The van der Waals surface area contributed by atoms with Crippen molar-refractivity contribution in [3.8, 4) is 0 Å². The molecular formula is C4H8F2N2. The second kappa shape index (κ2) is 1.63. The Bertz CT molecular complexity index is 81.3. The lowest BCUT2D eigenvalue weighted by atomic mass is 10.4. The van der Waals surface area contributed by atoms with Crippen molar-refractivity contribution in [2.24, 2.45) is 17.4 Å². The van der Waals surface area contributed by atoms with Crippen molar-refractivity contribution in [3.63, 3.8) is 0 Å². The topological polar surface area (TPSA) is 52.0 Å². The number of nitrogens with two attached hydrogens (primary N) is 2. The zero-order valence-corrected chi connectivity index (χ0v) is 4.22. The average molecular weight is 122 g/mol. The van der Waals surface area contributed by atoms with Crippen molar-refractivity contribution in [1.29, 1.82) is 0 Å². The molecule has 1 saturated carbocycles. The number of rotatable bonds is 1. The van der Waals surface area contributed by atoms with Gasteiger partial charge in [0.05, 0.1) is 5.92 Å². The first-order valence-electron chi connectivity index (χ1n) is 2.44. The van der Waals surface area contributed by atoms with Crippen molar-refractivity contribution < 1.29 is 8.78 Å². The van der Waals surface area contributed by atoms with Crippen molar-refractivity contribution in [3.05, 3.63) is 0 Å². The molecule has 8 heavy (non-hydrogen) atoms. The van der Waals surface area contributed by atoms with Gasteiger partial charge in [0, 0.05) is 12.1 Å². The number of hydrogen-bond donors (Lipinski definition) is 2. The molecule has 0 spiro atoms. The van der Waals surface area contributed by atoms with E-state index in [9.17, 15) is 8.78 Å². The van der Waals surface area contributed by atoms with Crippen LogP contribution in [0.2, 0.25) is 0 Å². The quantitative estimate of drug-likeness (QED) is 0.494. The van der Waals surface area contributed by atoms with E-state index in [-0.39, 0.29) is 0 Å². The summed E-state index contributed by atoms with van der Waals surface area (Å²) in [6, 6.07) is -0.926. The summed E-state index contributed by atoms with van der Waals surface area (Å²) in [6.07, 6.45) is -2.33. The predicted octanol–water partition coefficient (Wildman–Crippen LogP) is -0.464. The van der Waals surface area contributed by atoms with Gasteiger partial charge in [-0.05, 0) is 0 Å². The van der Waals surface area contributed by atoms with E-state index in [1.54, 1.807) is 0 Å². The van der Waals surface area contributed by atoms with Crippen LogP contribution in [0.25, 0.3) is 0 Å². The summed E-state index contributed by atoms with van der Waals surface area (Å²) in [6.45, 7) is 0. The first kappa shape index (κ1) is 5.91. The summed E-state index contributed by atoms with van der Waals surface area (Å²) in [7, 11) is 0. The minimum atomic E-state index is -2.33. The Morgan fingerprint density at radius 1 is 1.12 bits per heavy atom. The summed E-state index contributed by atoms with van der Waals surface area (Å²) in [5, 5.41) is 0. The third kappa shape index (κ3) is 0.695. The molecule has 0 aliphatic heterocycles. The molecule has 0 radical (unpaired) electrons. The molecule has 0 aromatic rings. The fraction of sp³-hybridized carbons (Fsp3) is 1.00. The zero-order valence-electron chi connectivity index (χ0n) is 4.22. The molecule has 0 amide bonds. The first-order chi connectivity index (χ1) is 3.64. The highest BCUT2D eigenvalue weighted by Gasteiger charge is 2.50. The van der Waals surface area contributed by atoms with Gasteiger partial charge >= 0.3 is 0 Å². The molecular weight excluding hydrogens is 114 g/mol. The van der Waals surface area contributed by atoms with Crippen LogP contribution in [0.15, 0.2) is 0 Å². The van der Waals surface area contributed by atoms with Crippen LogP contribution in [0, 0.1) is 5.92 Å². The average Bonchev–Trinajstić information content (AvgIpc) is 2.15. The molecule has 0 aromatic heterocycles. The third-order valence-corrected chi connectivity index (χ3v) is 1.48. The monoisotopic (exact) mass is 122 g/mol. The molecule has 1 fully saturated rings. The molecule has 0 bridgehead atoms. The number of halogens is 2. The van der Waals surface area contributed by atoms with Crippen LogP contribution in [-0.2, 0) is 0 Å². The van der Waals surface area contributed by atoms with Crippen LogP contribution < -0.4 is 11.5 Å². The van der Waals surface area contributed by atoms with Crippen molar-refractivity contribution in [2.75, 3.05) is 0 Å². The summed E-state index contributed by atoms with van der Waals surface area (Å²) < 4.78 is 23.1. The maximum Gasteiger partial charge on any atom is 0.244 e. The van der Waals surface area contributed by atoms with Gasteiger partial charge in [-0.25, -0.2) is 8.78 Å². The molecule has 4 N–H and O–H groups in total. The maximum absolute atomic E-state index is 11.6. The van der Waals surface area contributed by atoms with E-state index in [0.717, 1.165) is 0 Å². The minimum absolute atomic E-state index is 0.463. The minimum Gasteiger partial charge on any atom is -0.326 e. The molecule has 2 nitrogen and oxygen atoms in total. The van der Waals surface area contributed by atoms with Gasteiger partial charge in [0.25, 0.3) is 0 Å². The van der Waals surface area contributed by atoms with E-state index in [1.807, 2.05) is 0 Å². The van der Waals surface area contributed by atoms with Gasteiger partial charge in [0.2, 0.25) is 6.43 Å². The molecule has 48 valence electrons. The Kier molecular flexibility index (Phi) is 1.21. The van der Waals surface area contributed by atoms with E-state index in [0.29, 0.717) is 0 Å². The Morgan fingerprint density at radius 2 is 1.50 bits per heavy atom. The SMILES string of the molecule is NC1C(N)C1C(F)F. The van der Waals surface area contributed by atoms with E-state index in [4.69, 9.17) is 11.5 Å². The lowest BCUT2D eigenvalue weighted by Gasteiger charge is -1.89. The van der Waals surface area contributed by atoms with E-state index < -0.39 is 24.4 Å². The number of hydrogen-bond acceptors (Lipinski definition) is 2. The first-order valence-corrected chi connectivity index (χ1v) is 2.44. The van der Waals surface area contributed by atoms with Crippen LogP contribution in [0.1, 0.15) is 0 Å². The molecule has 2 atom stereocenters. The van der Waals surface area contributed by atoms with Crippen molar-refractivity contribution in [1.82, 2.24) is 0 Å². The van der Waals surface area contributed by atoms with E-state index in [2.05, 4.69) is 0 Å². The normalized spacial score (nSPS) is 45.4. The lowest BCUT2D eigenvalue weighted by Crippen LogP contribution is -2.12. The van der Waals surface area contributed by atoms with Crippen LogP contribution >= 0.6 is 0 Å². The Labute approximate surface area is 45.8 Å². The van der Waals surface area contributed by atoms with E-state index in [1.165, 1.54) is 0 Å². The van der Waals surface area contributed by atoms with Crippen LogP contribution in [0.3, 0.4) is 0 Å². The lowest BCUT2D eigenvalue weighted by molar-refractivity contribution is 0.118. The fourth-order valence-corrected chi connectivity index (χ4v) is 0.721. The standard InChI is InChI=1S/C4H8F2N2/c5-4(6)1-2(7)3(1)8/h1-4H,7-8H2. The van der Waals surface area contributed by atoms with Gasteiger partial charge in [-0.3, -0.25) is 0 Å². The summed E-state index contributed by atoms with van der Waals surface area (Å²) in [5.74, 6) is -0.741. The largest absolute Gasteiger partial charge is 0.326 e. The van der Waals surface area contributed by atoms with Crippen LogP contribution in [0.4, 0.5) is 8.78 Å². The van der Waals surface area contributed by atoms with Crippen LogP contribution in [-0.4, -0.2) is 18.5 Å². The molecule has 1 aliphatic carbocycles. The van der Waals surface area contributed by atoms with Gasteiger partial charge in [-0.15, -0.1) is 0 Å². The summed E-state index contributed by atoms with van der Waals surface area (Å²) in [4.78, 5) is 0. The number of alkyl halides is 2. The van der Waals surface area contributed by atoms with Gasteiger partial charge in [0.1, 0.15) is 0 Å². The third-order valence-electron chi connectivity index (χ3n) is 1.48. The molecule has 4 heteroatoms. The highest BCUT2D eigenvalue weighted by molar-refractivity contribution is 5.06. The molecule has 0 aromatic carbocycles. The predicted molar refractivity (Wildman–Crippen MR) is 25.4 cm³/mol. The summed E-state index contributed by atoms with van der Waals surface area (Å²) in [5.41, 5.74) is 10.2. The Morgan fingerprint density at radius 3 is 1.50 bits per heavy atom. The Hall–Kier alpha value is -0.220. The highest BCUT2D eigenvalue weighted by atomic mass is 19.3. The van der Waals surface area contributed by atoms with Crippen LogP contribution in [0.5, 0.6) is 0 Å². The van der Waals surface area contributed by atoms with E-state index >= 15 is 0 Å². The molecule has 0 heterocycles.